The average molecular weight is 342 g/mol. The van der Waals surface area contributed by atoms with E-state index in [2.05, 4.69) is 0 Å². The van der Waals surface area contributed by atoms with Crippen molar-refractivity contribution in [1.29, 1.82) is 0 Å². The van der Waals surface area contributed by atoms with Crippen LogP contribution < -0.4 is 0 Å². The quantitative estimate of drug-likeness (QED) is 0.826. The average Bonchev–Trinajstić information content (AvgIpc) is 2.45. The molecule has 0 unspecified atom stereocenters. The van der Waals surface area contributed by atoms with Gasteiger partial charge in [0.15, 0.2) is 0 Å². The van der Waals surface area contributed by atoms with Gasteiger partial charge in [0.1, 0.15) is 0 Å². The molecule has 8 heteroatoms. The minimum Gasteiger partial charge on any atom is -0.282 e. The van der Waals surface area contributed by atoms with Crippen molar-refractivity contribution >= 4 is 20.2 Å². The molecule has 2 N–H and O–H groups in total. The normalized spacial score (nSPS) is 12.5. The minimum atomic E-state index is -4.45. The Labute approximate surface area is 128 Å². The van der Waals surface area contributed by atoms with Gasteiger partial charge in [0.25, 0.3) is 20.2 Å². The summed E-state index contributed by atoms with van der Waals surface area (Å²) >= 11 is 0. The second-order valence-electron chi connectivity index (χ2n) is 4.75. The molecule has 0 aromatic heterocycles. The Hall–Kier alpha value is -1.74. The molecule has 0 bridgehead atoms. The summed E-state index contributed by atoms with van der Waals surface area (Å²) in [5.41, 5.74) is 0.474. The lowest BCUT2D eigenvalue weighted by Gasteiger charge is -2.17. The van der Waals surface area contributed by atoms with Crippen molar-refractivity contribution < 1.29 is 25.9 Å². The molecule has 118 valence electrons. The highest BCUT2D eigenvalue weighted by Crippen LogP contribution is 2.32. The predicted molar refractivity (Wildman–Crippen MR) is 80.0 cm³/mol. The highest BCUT2D eigenvalue weighted by atomic mass is 32.2. The first-order chi connectivity index (χ1) is 10.1. The third-order valence-electron chi connectivity index (χ3n) is 3.33. The zero-order valence-corrected chi connectivity index (χ0v) is 13.2. The van der Waals surface area contributed by atoms with Crippen LogP contribution in [0.4, 0.5) is 0 Å². The summed E-state index contributed by atoms with van der Waals surface area (Å²) in [7, 11) is -8.89. The maximum atomic E-state index is 11.5. The van der Waals surface area contributed by atoms with Gasteiger partial charge in [-0.05, 0) is 23.3 Å². The molecule has 0 aliphatic carbocycles. The summed E-state index contributed by atoms with van der Waals surface area (Å²) in [5, 5.41) is 0. The van der Waals surface area contributed by atoms with Crippen LogP contribution in [0, 0.1) is 0 Å². The Bertz CT molecular complexity index is 825. The second kappa shape index (κ2) is 5.81. The Balaban J connectivity index is 2.68. The maximum absolute atomic E-state index is 11.5. The SMILES string of the molecule is CC(c1ccccc1S(=O)(=O)O)c1ccccc1S(=O)(=O)O. The summed E-state index contributed by atoms with van der Waals surface area (Å²) < 4.78 is 64.4. The number of hydrogen-bond acceptors (Lipinski definition) is 4. The second-order valence-corrected chi connectivity index (χ2v) is 7.53. The molecule has 22 heavy (non-hydrogen) atoms. The van der Waals surface area contributed by atoms with Crippen LogP contribution in [0.3, 0.4) is 0 Å². The zero-order valence-electron chi connectivity index (χ0n) is 11.5. The molecule has 0 spiro atoms. The van der Waals surface area contributed by atoms with Crippen molar-refractivity contribution in [1.82, 2.24) is 0 Å². The van der Waals surface area contributed by atoms with Gasteiger partial charge in [-0.15, -0.1) is 0 Å². The summed E-state index contributed by atoms with van der Waals surface area (Å²) in [6.07, 6.45) is 0. The van der Waals surface area contributed by atoms with E-state index >= 15 is 0 Å². The van der Waals surface area contributed by atoms with Crippen molar-refractivity contribution in [3.63, 3.8) is 0 Å². The van der Waals surface area contributed by atoms with Crippen LogP contribution in [-0.2, 0) is 20.2 Å². The molecule has 6 nitrogen and oxygen atoms in total. The fourth-order valence-corrected chi connectivity index (χ4v) is 3.90. The number of rotatable bonds is 4. The van der Waals surface area contributed by atoms with Crippen molar-refractivity contribution in [2.24, 2.45) is 0 Å². The minimum absolute atomic E-state index is 0.237. The molecule has 0 radical (unpaired) electrons. The first-order valence-corrected chi connectivity index (χ1v) is 9.13. The van der Waals surface area contributed by atoms with Crippen LogP contribution in [-0.4, -0.2) is 25.9 Å². The first kappa shape index (κ1) is 16.6. The molecule has 0 fully saturated rings. The Morgan fingerprint density at radius 2 is 1.05 bits per heavy atom. The van der Waals surface area contributed by atoms with Crippen LogP contribution in [0.5, 0.6) is 0 Å². The van der Waals surface area contributed by atoms with Crippen molar-refractivity contribution in [2.45, 2.75) is 22.6 Å². The van der Waals surface area contributed by atoms with E-state index in [1.165, 1.54) is 36.4 Å². The van der Waals surface area contributed by atoms with Crippen molar-refractivity contribution in [2.75, 3.05) is 0 Å². The Kier molecular flexibility index (Phi) is 4.39. The molecule has 2 aromatic rings. The van der Waals surface area contributed by atoms with Gasteiger partial charge in [-0.25, -0.2) is 0 Å². The Morgan fingerprint density at radius 1 is 0.727 bits per heavy atom. The highest BCUT2D eigenvalue weighted by molar-refractivity contribution is 7.86. The summed E-state index contributed by atoms with van der Waals surface area (Å²) in [5.74, 6) is -0.670. The zero-order chi connectivity index (χ0) is 16.5. The van der Waals surface area contributed by atoms with Crippen LogP contribution in [0.15, 0.2) is 58.3 Å². The van der Waals surface area contributed by atoms with E-state index < -0.39 is 26.2 Å². The predicted octanol–water partition coefficient (Wildman–Crippen LogP) is 2.33. The fourth-order valence-electron chi connectivity index (χ4n) is 2.31. The molecule has 0 heterocycles. The van der Waals surface area contributed by atoms with Gasteiger partial charge in [0.2, 0.25) is 0 Å². The molecule has 0 atom stereocenters. The van der Waals surface area contributed by atoms with E-state index in [1.807, 2.05) is 0 Å². The van der Waals surface area contributed by atoms with E-state index in [-0.39, 0.29) is 20.9 Å². The van der Waals surface area contributed by atoms with E-state index in [4.69, 9.17) is 0 Å². The lowest BCUT2D eigenvalue weighted by Crippen LogP contribution is -2.10. The van der Waals surface area contributed by atoms with Crippen molar-refractivity contribution in [3.05, 3.63) is 59.7 Å². The van der Waals surface area contributed by atoms with E-state index in [0.717, 1.165) is 0 Å². The molecule has 0 aliphatic heterocycles. The summed E-state index contributed by atoms with van der Waals surface area (Å²) in [6.45, 7) is 1.59. The van der Waals surface area contributed by atoms with Gasteiger partial charge in [0.05, 0.1) is 9.79 Å². The molecular weight excluding hydrogens is 328 g/mol. The monoisotopic (exact) mass is 342 g/mol. The standard InChI is InChI=1S/C14H14O6S2/c1-10(11-6-2-4-8-13(11)21(15,16)17)12-7-3-5-9-14(12)22(18,19)20/h2-10H,1H3,(H,15,16,17)(H,18,19,20). The van der Waals surface area contributed by atoms with Crippen LogP contribution >= 0.6 is 0 Å². The van der Waals surface area contributed by atoms with Crippen LogP contribution in [0.2, 0.25) is 0 Å². The third kappa shape index (κ3) is 3.36. The van der Waals surface area contributed by atoms with Crippen LogP contribution in [0.25, 0.3) is 0 Å². The molecule has 2 rings (SSSR count). The number of benzene rings is 2. The van der Waals surface area contributed by atoms with E-state index in [9.17, 15) is 25.9 Å². The summed E-state index contributed by atoms with van der Waals surface area (Å²) in [4.78, 5) is -0.597. The molecule has 0 saturated carbocycles. The smallest absolute Gasteiger partial charge is 0.282 e. The van der Waals surface area contributed by atoms with Crippen molar-refractivity contribution in [3.8, 4) is 0 Å². The van der Waals surface area contributed by atoms with Gasteiger partial charge in [-0.2, -0.15) is 16.8 Å². The Morgan fingerprint density at radius 3 is 1.36 bits per heavy atom. The van der Waals surface area contributed by atoms with Gasteiger partial charge < -0.3 is 0 Å². The van der Waals surface area contributed by atoms with Gasteiger partial charge >= 0.3 is 0 Å². The highest BCUT2D eigenvalue weighted by Gasteiger charge is 2.24. The lowest BCUT2D eigenvalue weighted by molar-refractivity contribution is 0.481. The summed E-state index contributed by atoms with van der Waals surface area (Å²) in [6, 6.07) is 11.5. The first-order valence-electron chi connectivity index (χ1n) is 6.25. The third-order valence-corrected chi connectivity index (χ3v) is 5.18. The van der Waals surface area contributed by atoms with Gasteiger partial charge in [-0.1, -0.05) is 43.3 Å². The molecule has 2 aromatic carbocycles. The number of hydrogen-bond donors (Lipinski definition) is 2. The largest absolute Gasteiger partial charge is 0.294 e. The fraction of sp³-hybridized carbons (Fsp3) is 0.143. The maximum Gasteiger partial charge on any atom is 0.294 e. The van der Waals surface area contributed by atoms with Gasteiger partial charge in [0, 0.05) is 5.92 Å². The lowest BCUT2D eigenvalue weighted by atomic mass is 9.93. The van der Waals surface area contributed by atoms with E-state index in [1.54, 1.807) is 19.1 Å². The molecular formula is C14H14O6S2. The van der Waals surface area contributed by atoms with E-state index in [0.29, 0.717) is 0 Å². The van der Waals surface area contributed by atoms with Gasteiger partial charge in [-0.3, -0.25) is 9.11 Å². The molecule has 0 aliphatic rings. The topological polar surface area (TPSA) is 109 Å². The molecule has 0 amide bonds. The molecule has 0 saturated heterocycles. The van der Waals surface area contributed by atoms with Crippen LogP contribution in [0.1, 0.15) is 24.0 Å².